The van der Waals surface area contributed by atoms with E-state index in [9.17, 15) is 28.4 Å². The molecule has 4 saturated heterocycles. The number of rotatable bonds is 7. The Morgan fingerprint density at radius 1 is 0.518 bits per heavy atom. The number of pyridine rings is 4. The number of carbonyl (C=O) groups excluding carboxylic acids is 4. The number of nitrogens with one attached hydrogen (secondary N) is 5. The molecule has 0 atom stereocenters. The van der Waals surface area contributed by atoms with E-state index in [1.807, 2.05) is 60.7 Å². The third-order valence-electron chi connectivity index (χ3n) is 15.7. The smallest absolute Gasteiger partial charge is 0.272 e. The highest BCUT2D eigenvalue weighted by Crippen LogP contribution is 2.29. The summed E-state index contributed by atoms with van der Waals surface area (Å²) in [5.74, 6) is 3.25. The van der Waals surface area contributed by atoms with Gasteiger partial charge in [0.2, 0.25) is 17.7 Å². The third kappa shape index (κ3) is 13.3. The van der Waals surface area contributed by atoms with Crippen molar-refractivity contribution in [1.29, 1.82) is 0 Å². The molecule has 7 aliphatic heterocycles. The first kappa shape index (κ1) is 55.6. The number of piperazine rings is 2. The van der Waals surface area contributed by atoms with Gasteiger partial charge in [0, 0.05) is 90.3 Å². The van der Waals surface area contributed by atoms with Crippen LogP contribution in [0.1, 0.15) is 77.2 Å². The number of halogens is 1. The van der Waals surface area contributed by atoms with E-state index < -0.39 is 5.82 Å². The van der Waals surface area contributed by atoms with Gasteiger partial charge in [-0.05, 0) is 111 Å². The second kappa shape index (κ2) is 25.3. The average molecular weight is 1130 g/mol. The maximum absolute atomic E-state index is 14.8. The Bertz CT molecular complexity index is 3530. The fourth-order valence-electron chi connectivity index (χ4n) is 11.2. The Hall–Kier alpha value is -9.25. The zero-order valence-electron chi connectivity index (χ0n) is 46.3. The molecule has 14 rings (SSSR count). The first-order valence-electron chi connectivity index (χ1n) is 28.5. The third-order valence-corrected chi connectivity index (χ3v) is 15.7. The molecule has 9 N–H and O–H groups in total. The maximum Gasteiger partial charge on any atom is 0.272 e. The molecule has 2 aromatic carbocycles. The lowest BCUT2D eigenvalue weighted by Crippen LogP contribution is -2.49. The Balaban J connectivity index is 0.000000129. The number of carbonyl (C=O) groups is 4. The number of nitrogen functional groups attached to an aromatic ring is 2. The summed E-state index contributed by atoms with van der Waals surface area (Å²) >= 11 is 0. The van der Waals surface area contributed by atoms with E-state index in [-0.39, 0.29) is 41.2 Å². The van der Waals surface area contributed by atoms with Gasteiger partial charge in [-0.2, -0.15) is 5.10 Å². The van der Waals surface area contributed by atoms with E-state index in [0.717, 1.165) is 121 Å². The molecule has 0 aliphatic carbocycles. The van der Waals surface area contributed by atoms with Gasteiger partial charge in [0.25, 0.3) is 11.5 Å². The number of fused-ring (bicyclic) bond motifs is 4. The number of benzene rings is 2. The monoisotopic (exact) mass is 1130 g/mol. The molecule has 0 saturated carbocycles. The van der Waals surface area contributed by atoms with Crippen molar-refractivity contribution in [3.8, 4) is 0 Å². The number of hydrogen-bond donors (Lipinski definition) is 7. The molecule has 0 unspecified atom stereocenters. The molecule has 7 aliphatic rings. The van der Waals surface area contributed by atoms with Crippen LogP contribution in [0.2, 0.25) is 0 Å². The molecule has 5 aromatic heterocycles. The zero-order chi connectivity index (χ0) is 57.4. The molecule has 22 nitrogen and oxygen atoms in total. The van der Waals surface area contributed by atoms with Crippen LogP contribution in [0.3, 0.4) is 0 Å². The summed E-state index contributed by atoms with van der Waals surface area (Å²) in [6.07, 6.45) is 9.06. The lowest BCUT2D eigenvalue weighted by atomic mass is 10.0. The van der Waals surface area contributed by atoms with Crippen molar-refractivity contribution in [2.75, 3.05) is 126 Å². The Morgan fingerprint density at radius 2 is 0.988 bits per heavy atom. The molecule has 7 aromatic rings. The van der Waals surface area contributed by atoms with Crippen molar-refractivity contribution < 1.29 is 23.6 Å². The second-order valence-electron chi connectivity index (χ2n) is 21.5. The molecule has 23 heteroatoms. The maximum atomic E-state index is 14.8. The van der Waals surface area contributed by atoms with Crippen molar-refractivity contribution in [1.82, 2.24) is 40.3 Å². The molecule has 0 bridgehead atoms. The van der Waals surface area contributed by atoms with Gasteiger partial charge in [-0.15, -0.1) is 0 Å². The lowest BCUT2D eigenvalue weighted by Gasteiger charge is -2.35. The predicted octanol–water partition coefficient (Wildman–Crippen LogP) is 5.29. The Labute approximate surface area is 479 Å². The summed E-state index contributed by atoms with van der Waals surface area (Å²) < 4.78 is 14.8. The number of anilines is 9. The normalized spacial score (nSPS) is 17.1. The van der Waals surface area contributed by atoms with Crippen LogP contribution >= 0.6 is 0 Å². The summed E-state index contributed by atoms with van der Waals surface area (Å²) in [5.41, 5.74) is 17.9. The van der Waals surface area contributed by atoms with Crippen molar-refractivity contribution in [3.63, 3.8) is 0 Å². The number of H-pyrrole nitrogens is 1. The van der Waals surface area contributed by atoms with Crippen molar-refractivity contribution in [2.45, 2.75) is 64.2 Å². The van der Waals surface area contributed by atoms with Crippen LogP contribution in [0.4, 0.5) is 56.2 Å². The SMILES string of the molecule is Nc1ccc(N2CCCCC2)nc1N.O=C1Cc2nc(N3CCCCC3)ccc2N1.O=C1Cc2nc(N3CCN(C(=O)c4cc(Cc5n[nH]c(=O)c6ccccc56)ccc4F)CC3)ccc2N1.O=C1Cc2nc(N3CCNCC3)ccc2N1. The Kier molecular flexibility index (Phi) is 16.9. The highest BCUT2D eigenvalue weighted by Gasteiger charge is 2.28. The fourth-order valence-corrected chi connectivity index (χ4v) is 11.2. The molecule has 0 radical (unpaired) electrons. The topological polar surface area (TPSA) is 282 Å². The van der Waals surface area contributed by atoms with E-state index in [2.05, 4.69) is 71.0 Å². The lowest BCUT2D eigenvalue weighted by molar-refractivity contribution is -0.116. The summed E-state index contributed by atoms with van der Waals surface area (Å²) in [5, 5.41) is 19.6. The van der Waals surface area contributed by atoms with Crippen LogP contribution in [-0.4, -0.2) is 137 Å². The molecule has 12 heterocycles. The van der Waals surface area contributed by atoms with Crippen molar-refractivity contribution in [2.24, 2.45) is 0 Å². The first-order valence-corrected chi connectivity index (χ1v) is 28.5. The molecule has 83 heavy (non-hydrogen) atoms. The summed E-state index contributed by atoms with van der Waals surface area (Å²) in [4.78, 5) is 87.9. The van der Waals surface area contributed by atoms with Crippen molar-refractivity contribution >= 4 is 86.2 Å². The fraction of sp³-hybridized carbons (Fsp3) is 0.367. The average Bonchev–Trinajstić information content (AvgIpc) is 4.25. The number of piperidine rings is 2. The molecule has 430 valence electrons. The van der Waals surface area contributed by atoms with Gasteiger partial charge in [0.1, 0.15) is 34.9 Å². The quantitative estimate of drug-likeness (QED) is 0.107. The number of nitrogens with zero attached hydrogens (tertiary/aromatic N) is 10. The highest BCUT2D eigenvalue weighted by atomic mass is 19.1. The van der Waals surface area contributed by atoms with Crippen LogP contribution < -0.4 is 57.9 Å². The van der Waals surface area contributed by atoms with E-state index in [1.165, 1.54) is 44.6 Å². The molecular weight excluding hydrogens is 1060 g/mol. The van der Waals surface area contributed by atoms with Gasteiger partial charge in [0.05, 0.1) is 75.7 Å². The van der Waals surface area contributed by atoms with E-state index in [4.69, 9.17) is 11.5 Å². The summed E-state index contributed by atoms with van der Waals surface area (Å²) in [6.45, 7) is 10.2. The van der Waals surface area contributed by atoms with Crippen LogP contribution in [0.5, 0.6) is 0 Å². The molecule has 0 spiro atoms. The van der Waals surface area contributed by atoms with Crippen LogP contribution in [0, 0.1) is 5.82 Å². The van der Waals surface area contributed by atoms with Gasteiger partial charge >= 0.3 is 0 Å². The largest absolute Gasteiger partial charge is 0.396 e. The molecular formula is C60H68FN17O5. The number of aromatic amines is 1. The number of amides is 4. The van der Waals surface area contributed by atoms with Gasteiger partial charge in [-0.1, -0.05) is 24.3 Å². The summed E-state index contributed by atoms with van der Waals surface area (Å²) in [7, 11) is 0. The zero-order valence-corrected chi connectivity index (χ0v) is 46.3. The highest BCUT2D eigenvalue weighted by molar-refractivity contribution is 6.00. The summed E-state index contributed by atoms with van der Waals surface area (Å²) in [6, 6.07) is 27.1. The van der Waals surface area contributed by atoms with Gasteiger partial charge < -0.3 is 57.2 Å². The number of hydrogen-bond acceptors (Lipinski definition) is 17. The minimum Gasteiger partial charge on any atom is -0.396 e. The number of aromatic nitrogens is 6. The van der Waals surface area contributed by atoms with Gasteiger partial charge in [-0.3, -0.25) is 24.0 Å². The van der Waals surface area contributed by atoms with Crippen LogP contribution in [0.15, 0.2) is 95.8 Å². The molecule has 4 amide bonds. The predicted molar refractivity (Wildman–Crippen MR) is 320 cm³/mol. The first-order chi connectivity index (χ1) is 40.4. The second-order valence-corrected chi connectivity index (χ2v) is 21.5. The minimum absolute atomic E-state index is 0.0138. The standard InChI is InChI=1S/C27H23FN6O3.C12H15N3O.C11H14N4O.C10H16N4/c28-20-6-5-16(14-22-17-3-1-2-4-18(17)26(36)32-31-22)13-19(20)27(37)34-11-9-33(10-12-34)24-8-7-21-23(29-24)15-25(35)30-21;16-12-8-10-9(14-12)4-5-11(13-10)15-6-2-1-3-7-15;16-11-7-9-8(14-11)1-2-10(13-9)15-5-3-12-4-6-15;11-8-4-5-9(13-10(8)12)14-6-2-1-3-7-14/h1-8,13H,9-12,14-15H2,(H,30,35)(H,32,36);4-5H,1-3,6-8H2,(H,14,16);1-2,12H,3-7H2,(H,14,16);4-5H,1-3,6-7,11H2,(H2,12,13). The van der Waals surface area contributed by atoms with E-state index in [0.29, 0.717) is 68.0 Å². The van der Waals surface area contributed by atoms with Crippen LogP contribution in [0.25, 0.3) is 10.8 Å². The van der Waals surface area contributed by atoms with E-state index >= 15 is 0 Å². The molecule has 4 fully saturated rings. The minimum atomic E-state index is -0.576. The van der Waals surface area contributed by atoms with Gasteiger partial charge in [0.15, 0.2) is 0 Å². The number of nitrogens with two attached hydrogens (primary N) is 2. The van der Waals surface area contributed by atoms with E-state index in [1.54, 1.807) is 29.2 Å². The van der Waals surface area contributed by atoms with Crippen molar-refractivity contribution in [3.05, 3.63) is 141 Å². The van der Waals surface area contributed by atoms with Gasteiger partial charge in [-0.25, -0.2) is 29.4 Å². The Morgan fingerprint density at radius 3 is 1.51 bits per heavy atom. The van der Waals surface area contributed by atoms with Crippen LogP contribution in [-0.2, 0) is 40.1 Å².